The number of rotatable bonds is 3. The molecule has 1 aliphatic rings. The Bertz CT molecular complexity index is 1310. The van der Waals surface area contributed by atoms with Gasteiger partial charge in [-0.2, -0.15) is 0 Å². The number of aryl methyl sites for hydroxylation is 1. The van der Waals surface area contributed by atoms with Gasteiger partial charge in [-0.1, -0.05) is 48.0 Å². The summed E-state index contributed by atoms with van der Waals surface area (Å²) in [4.78, 5) is 26.8. The summed E-state index contributed by atoms with van der Waals surface area (Å²) in [5.74, 6) is -0.839. The Kier molecular flexibility index (Phi) is 4.31. The molecule has 2 heterocycles. The third-order valence-corrected chi connectivity index (χ3v) is 6.01. The first-order valence-electron chi connectivity index (χ1n) is 10.1. The van der Waals surface area contributed by atoms with Crippen LogP contribution in [0.1, 0.15) is 27.2 Å². The molecule has 3 aromatic carbocycles. The minimum absolute atomic E-state index is 0.0178. The molecule has 150 valence electrons. The summed E-state index contributed by atoms with van der Waals surface area (Å²) in [5, 5.41) is 12.5. The smallest absolute Gasteiger partial charge is 0.323 e. The quantitative estimate of drug-likeness (QED) is 0.557. The Morgan fingerprint density at radius 3 is 2.63 bits per heavy atom. The van der Waals surface area contributed by atoms with Crippen molar-refractivity contribution in [1.29, 1.82) is 0 Å². The number of hydrogen-bond donors (Lipinski definition) is 1. The number of carboxylic acids is 1. The van der Waals surface area contributed by atoms with Crippen molar-refractivity contribution in [2.45, 2.75) is 26.4 Å². The largest absolute Gasteiger partial charge is 0.480 e. The van der Waals surface area contributed by atoms with E-state index in [0.717, 1.165) is 38.5 Å². The van der Waals surface area contributed by atoms with E-state index in [2.05, 4.69) is 6.07 Å². The zero-order chi connectivity index (χ0) is 20.8. The number of carbonyl (C=O) groups excluding carboxylic acids is 1. The van der Waals surface area contributed by atoms with Gasteiger partial charge in [-0.05, 0) is 35.9 Å². The predicted molar refractivity (Wildman–Crippen MR) is 117 cm³/mol. The van der Waals surface area contributed by atoms with Crippen molar-refractivity contribution in [2.24, 2.45) is 0 Å². The summed E-state index contributed by atoms with van der Waals surface area (Å²) < 4.78 is 1.90. The van der Waals surface area contributed by atoms with Gasteiger partial charge in [0.2, 0.25) is 0 Å². The minimum atomic E-state index is -0.857. The van der Waals surface area contributed by atoms with Gasteiger partial charge in [-0.3, -0.25) is 9.59 Å². The van der Waals surface area contributed by atoms with Gasteiger partial charge in [0.25, 0.3) is 5.91 Å². The van der Waals surface area contributed by atoms with Crippen molar-refractivity contribution < 1.29 is 14.7 Å². The van der Waals surface area contributed by atoms with E-state index in [9.17, 15) is 14.7 Å². The first-order valence-corrected chi connectivity index (χ1v) is 10.1. The zero-order valence-corrected chi connectivity index (χ0v) is 16.8. The van der Waals surface area contributed by atoms with E-state index in [1.807, 2.05) is 71.0 Å². The molecule has 0 bridgehead atoms. The highest BCUT2D eigenvalue weighted by Crippen LogP contribution is 2.33. The number of benzene rings is 3. The summed E-state index contributed by atoms with van der Waals surface area (Å²) in [7, 11) is 0. The highest BCUT2D eigenvalue weighted by Gasteiger charge is 2.28. The van der Waals surface area contributed by atoms with E-state index in [1.165, 1.54) is 0 Å². The van der Waals surface area contributed by atoms with E-state index < -0.39 is 5.97 Å². The van der Waals surface area contributed by atoms with Crippen LogP contribution < -0.4 is 0 Å². The van der Waals surface area contributed by atoms with Crippen molar-refractivity contribution >= 4 is 33.6 Å². The first kappa shape index (κ1) is 18.4. The highest BCUT2D eigenvalue weighted by atomic mass is 16.4. The van der Waals surface area contributed by atoms with Crippen LogP contribution in [0, 0.1) is 6.92 Å². The van der Waals surface area contributed by atoms with Gasteiger partial charge >= 0.3 is 5.97 Å². The standard InChI is InChI=1S/C25H22N2O3/c1-16-9-10-22-20(13-16)21-14-26(12-11-23(21)27(22)15-24(28)29)25(30)19-8-4-6-17-5-2-3-7-18(17)19/h2-10,13H,11-12,14-15H2,1H3,(H,28,29). The number of hydrogen-bond acceptors (Lipinski definition) is 2. The van der Waals surface area contributed by atoms with Gasteiger partial charge in [0.15, 0.2) is 0 Å². The Morgan fingerprint density at radius 2 is 1.80 bits per heavy atom. The van der Waals surface area contributed by atoms with Gasteiger partial charge in [0.1, 0.15) is 6.54 Å². The van der Waals surface area contributed by atoms with Crippen LogP contribution in [-0.2, 0) is 24.3 Å². The molecule has 30 heavy (non-hydrogen) atoms. The molecule has 4 aromatic rings. The molecule has 0 aliphatic carbocycles. The highest BCUT2D eigenvalue weighted by molar-refractivity contribution is 6.07. The number of fused-ring (bicyclic) bond motifs is 4. The fourth-order valence-corrected chi connectivity index (χ4v) is 4.64. The predicted octanol–water partition coefficient (Wildman–Crippen LogP) is 4.39. The molecule has 0 saturated heterocycles. The maximum absolute atomic E-state index is 13.4. The molecule has 5 heteroatoms. The van der Waals surface area contributed by atoms with Crippen LogP contribution in [-0.4, -0.2) is 33.0 Å². The van der Waals surface area contributed by atoms with Crippen molar-refractivity contribution in [2.75, 3.05) is 6.54 Å². The Labute approximate surface area is 174 Å². The molecule has 0 atom stereocenters. The third kappa shape index (κ3) is 2.94. The topological polar surface area (TPSA) is 62.5 Å². The van der Waals surface area contributed by atoms with Crippen molar-refractivity contribution in [3.05, 3.63) is 83.0 Å². The lowest BCUT2D eigenvalue weighted by Gasteiger charge is -2.28. The van der Waals surface area contributed by atoms with Gasteiger partial charge in [0, 0.05) is 47.2 Å². The van der Waals surface area contributed by atoms with E-state index in [4.69, 9.17) is 0 Å². The van der Waals surface area contributed by atoms with Gasteiger partial charge in [-0.25, -0.2) is 0 Å². The van der Waals surface area contributed by atoms with Crippen LogP contribution in [0.2, 0.25) is 0 Å². The van der Waals surface area contributed by atoms with E-state index >= 15 is 0 Å². The van der Waals surface area contributed by atoms with Gasteiger partial charge in [-0.15, -0.1) is 0 Å². The molecule has 5 nitrogen and oxygen atoms in total. The number of aromatic nitrogens is 1. The molecule has 0 fully saturated rings. The lowest BCUT2D eigenvalue weighted by molar-refractivity contribution is -0.137. The van der Waals surface area contributed by atoms with Crippen LogP contribution in [0.3, 0.4) is 0 Å². The van der Waals surface area contributed by atoms with Gasteiger partial charge in [0.05, 0.1) is 0 Å². The normalized spacial score (nSPS) is 13.6. The van der Waals surface area contributed by atoms with E-state index in [0.29, 0.717) is 25.1 Å². The summed E-state index contributed by atoms with van der Waals surface area (Å²) in [5.41, 5.74) is 4.85. The van der Waals surface area contributed by atoms with Crippen LogP contribution in [0.5, 0.6) is 0 Å². The van der Waals surface area contributed by atoms with Crippen molar-refractivity contribution in [3.63, 3.8) is 0 Å². The number of carbonyl (C=O) groups is 2. The average Bonchev–Trinajstić information content (AvgIpc) is 3.04. The monoisotopic (exact) mass is 398 g/mol. The maximum Gasteiger partial charge on any atom is 0.323 e. The van der Waals surface area contributed by atoms with Crippen LogP contribution >= 0.6 is 0 Å². The number of amides is 1. The molecular weight excluding hydrogens is 376 g/mol. The molecule has 1 aromatic heterocycles. The van der Waals surface area contributed by atoms with E-state index in [-0.39, 0.29) is 12.5 Å². The van der Waals surface area contributed by atoms with Crippen molar-refractivity contribution in [3.8, 4) is 0 Å². The molecule has 5 rings (SSSR count). The number of nitrogens with zero attached hydrogens (tertiary/aromatic N) is 2. The summed E-state index contributed by atoms with van der Waals surface area (Å²) >= 11 is 0. The summed E-state index contributed by atoms with van der Waals surface area (Å²) in [6, 6.07) is 19.8. The second-order valence-corrected chi connectivity index (χ2v) is 7.93. The fourth-order valence-electron chi connectivity index (χ4n) is 4.64. The SMILES string of the molecule is Cc1ccc2c(c1)c1c(n2CC(=O)O)CCN(C(=O)c2cccc3ccccc23)C1. The second kappa shape index (κ2) is 7.02. The van der Waals surface area contributed by atoms with Crippen LogP contribution in [0.4, 0.5) is 0 Å². The Hall–Kier alpha value is -3.60. The Morgan fingerprint density at radius 1 is 1.00 bits per heavy atom. The molecule has 1 N–H and O–H groups in total. The second-order valence-electron chi connectivity index (χ2n) is 7.93. The number of carboxylic acid groups (broad SMARTS) is 1. The summed E-state index contributed by atoms with van der Waals surface area (Å²) in [6.45, 7) is 3.03. The molecule has 0 spiro atoms. The molecule has 1 aliphatic heterocycles. The third-order valence-electron chi connectivity index (χ3n) is 6.01. The van der Waals surface area contributed by atoms with Gasteiger partial charge < -0.3 is 14.6 Å². The van der Waals surface area contributed by atoms with E-state index in [1.54, 1.807) is 0 Å². The van der Waals surface area contributed by atoms with Crippen LogP contribution in [0.15, 0.2) is 60.7 Å². The maximum atomic E-state index is 13.4. The lowest BCUT2D eigenvalue weighted by atomic mass is 10.00. The first-order chi connectivity index (χ1) is 14.5. The lowest BCUT2D eigenvalue weighted by Crippen LogP contribution is -2.36. The Balaban J connectivity index is 1.58. The van der Waals surface area contributed by atoms with Crippen molar-refractivity contribution in [1.82, 2.24) is 9.47 Å². The van der Waals surface area contributed by atoms with Crippen LogP contribution in [0.25, 0.3) is 21.7 Å². The summed E-state index contributed by atoms with van der Waals surface area (Å²) in [6.07, 6.45) is 0.646. The molecule has 1 amide bonds. The molecule has 0 saturated carbocycles. The molecule has 0 radical (unpaired) electrons. The molecule has 0 unspecified atom stereocenters. The minimum Gasteiger partial charge on any atom is -0.480 e. The fraction of sp³-hybridized carbons (Fsp3) is 0.200. The number of aliphatic carboxylic acids is 1. The zero-order valence-electron chi connectivity index (χ0n) is 16.8. The molecular formula is C25H22N2O3. The average molecular weight is 398 g/mol.